The Balaban J connectivity index is 2.16. The average Bonchev–Trinajstić information content (AvgIpc) is 2.71. The molecular weight excluding hydrogens is 487 g/mol. The SMILES string of the molecule is CC(=O)NCCNc1ccc(S(=O)(=O)c2ccc(NC(=O)C(C)(O)C(F)(F)F)c(Cl)c2)cc1. The number of hydrogen-bond donors (Lipinski definition) is 4. The minimum absolute atomic E-state index is 0.0669. The van der Waals surface area contributed by atoms with Crippen LogP contribution in [0.4, 0.5) is 24.5 Å². The Hall–Kier alpha value is -2.83. The van der Waals surface area contributed by atoms with Crippen LogP contribution in [0, 0.1) is 0 Å². The number of anilines is 2. The molecule has 2 aromatic carbocycles. The van der Waals surface area contributed by atoms with Gasteiger partial charge in [0.1, 0.15) is 0 Å². The molecular formula is C20H21ClF3N3O5S. The number of carbonyl (C=O) groups excluding carboxylic acids is 2. The van der Waals surface area contributed by atoms with Crippen LogP contribution in [0.1, 0.15) is 13.8 Å². The summed E-state index contributed by atoms with van der Waals surface area (Å²) in [6.45, 7) is 2.48. The highest BCUT2D eigenvalue weighted by molar-refractivity contribution is 7.91. The molecule has 8 nitrogen and oxygen atoms in total. The van der Waals surface area contributed by atoms with E-state index in [1.54, 1.807) is 0 Å². The molecule has 33 heavy (non-hydrogen) atoms. The molecule has 4 N–H and O–H groups in total. The summed E-state index contributed by atoms with van der Waals surface area (Å²) in [5, 5.41) is 16.5. The molecule has 0 aliphatic rings. The molecule has 0 aliphatic carbocycles. The number of benzene rings is 2. The van der Waals surface area contributed by atoms with Crippen molar-refractivity contribution < 1.29 is 36.3 Å². The fourth-order valence-corrected chi connectivity index (χ4v) is 4.05. The van der Waals surface area contributed by atoms with E-state index in [0.29, 0.717) is 18.8 Å². The van der Waals surface area contributed by atoms with Crippen LogP contribution >= 0.6 is 11.6 Å². The van der Waals surface area contributed by atoms with Crippen LogP contribution in [-0.2, 0) is 19.4 Å². The van der Waals surface area contributed by atoms with Crippen LogP contribution < -0.4 is 16.0 Å². The van der Waals surface area contributed by atoms with Gasteiger partial charge in [0.15, 0.2) is 0 Å². The molecule has 0 aromatic heterocycles. The third-order valence-electron chi connectivity index (χ3n) is 4.49. The van der Waals surface area contributed by atoms with Crippen molar-refractivity contribution in [2.75, 3.05) is 23.7 Å². The average molecular weight is 508 g/mol. The Labute approximate surface area is 193 Å². The standard InChI is InChI=1S/C20H21ClF3N3O5S/c1-12(28)25-9-10-26-13-3-5-14(6-4-13)33(31,32)15-7-8-17(16(21)11-15)27-18(29)19(2,30)20(22,23)24/h3-8,11,26,30H,9-10H2,1-2H3,(H,25,28)(H,27,29). The van der Waals surface area contributed by atoms with Gasteiger partial charge in [-0.2, -0.15) is 13.2 Å². The number of rotatable bonds is 8. The van der Waals surface area contributed by atoms with E-state index in [9.17, 15) is 36.3 Å². The fraction of sp³-hybridized carbons (Fsp3) is 0.300. The maximum absolute atomic E-state index is 12.9. The number of hydrogen-bond acceptors (Lipinski definition) is 6. The fourth-order valence-electron chi connectivity index (χ4n) is 2.47. The second kappa shape index (κ2) is 9.98. The van der Waals surface area contributed by atoms with Crippen molar-refractivity contribution in [2.24, 2.45) is 0 Å². The van der Waals surface area contributed by atoms with Crippen LogP contribution in [0.3, 0.4) is 0 Å². The third-order valence-corrected chi connectivity index (χ3v) is 6.57. The summed E-state index contributed by atoms with van der Waals surface area (Å²) in [5.41, 5.74) is -3.35. The Morgan fingerprint density at radius 1 is 1.03 bits per heavy atom. The largest absolute Gasteiger partial charge is 0.426 e. The van der Waals surface area contributed by atoms with Crippen LogP contribution in [0.25, 0.3) is 0 Å². The van der Waals surface area contributed by atoms with Gasteiger partial charge < -0.3 is 21.1 Å². The number of sulfone groups is 1. The molecule has 2 amide bonds. The first-order valence-electron chi connectivity index (χ1n) is 9.40. The van der Waals surface area contributed by atoms with Gasteiger partial charge in [-0.15, -0.1) is 0 Å². The van der Waals surface area contributed by atoms with Gasteiger partial charge in [0.25, 0.3) is 5.91 Å². The topological polar surface area (TPSA) is 125 Å². The third kappa shape index (κ3) is 6.36. The van der Waals surface area contributed by atoms with Crippen molar-refractivity contribution >= 4 is 44.6 Å². The van der Waals surface area contributed by atoms with E-state index in [0.717, 1.165) is 18.2 Å². The Morgan fingerprint density at radius 2 is 1.61 bits per heavy atom. The summed E-state index contributed by atoms with van der Waals surface area (Å²) in [6.07, 6.45) is -5.22. The molecule has 2 aromatic rings. The Morgan fingerprint density at radius 3 is 2.12 bits per heavy atom. The van der Waals surface area contributed by atoms with Crippen molar-refractivity contribution in [3.8, 4) is 0 Å². The molecule has 2 rings (SSSR count). The maximum atomic E-state index is 12.9. The van der Waals surface area contributed by atoms with E-state index in [2.05, 4.69) is 10.6 Å². The molecule has 0 radical (unpaired) electrons. The second-order valence-electron chi connectivity index (χ2n) is 7.10. The lowest BCUT2D eigenvalue weighted by Crippen LogP contribution is -2.52. The number of carbonyl (C=O) groups is 2. The lowest BCUT2D eigenvalue weighted by molar-refractivity contribution is -0.242. The minimum atomic E-state index is -5.22. The number of halogens is 4. The first-order chi connectivity index (χ1) is 15.2. The Bertz CT molecular complexity index is 1140. The minimum Gasteiger partial charge on any atom is -0.383 e. The lowest BCUT2D eigenvalue weighted by Gasteiger charge is -2.25. The highest BCUT2D eigenvalue weighted by Gasteiger charge is 2.55. The van der Waals surface area contributed by atoms with E-state index in [-0.39, 0.29) is 33.3 Å². The zero-order chi connectivity index (χ0) is 25.0. The van der Waals surface area contributed by atoms with Crippen LogP contribution in [0.15, 0.2) is 52.3 Å². The molecule has 0 saturated heterocycles. The van der Waals surface area contributed by atoms with Gasteiger partial charge in [-0.25, -0.2) is 8.42 Å². The number of amides is 2. The van der Waals surface area contributed by atoms with Gasteiger partial charge in [0.2, 0.25) is 21.3 Å². The van der Waals surface area contributed by atoms with Crippen LogP contribution in [0.2, 0.25) is 5.02 Å². The summed E-state index contributed by atoms with van der Waals surface area (Å²) in [4.78, 5) is 22.3. The first kappa shape index (κ1) is 26.4. The maximum Gasteiger partial charge on any atom is 0.426 e. The van der Waals surface area contributed by atoms with Crippen LogP contribution in [0.5, 0.6) is 0 Å². The highest BCUT2D eigenvalue weighted by Crippen LogP contribution is 2.33. The van der Waals surface area contributed by atoms with Gasteiger partial charge in [-0.1, -0.05) is 11.6 Å². The van der Waals surface area contributed by atoms with Gasteiger partial charge in [0.05, 0.1) is 20.5 Å². The second-order valence-corrected chi connectivity index (χ2v) is 9.46. The predicted molar refractivity (Wildman–Crippen MR) is 116 cm³/mol. The van der Waals surface area contributed by atoms with E-state index in [1.807, 2.05) is 5.32 Å². The number of nitrogens with one attached hydrogen (secondary N) is 3. The molecule has 0 heterocycles. The van der Waals surface area contributed by atoms with Gasteiger partial charge in [0, 0.05) is 25.7 Å². The molecule has 180 valence electrons. The molecule has 0 saturated carbocycles. The molecule has 1 unspecified atom stereocenters. The molecule has 13 heteroatoms. The predicted octanol–water partition coefficient (Wildman–Crippen LogP) is 2.97. The van der Waals surface area contributed by atoms with E-state index in [4.69, 9.17) is 11.6 Å². The first-order valence-corrected chi connectivity index (χ1v) is 11.3. The molecule has 0 aliphatic heterocycles. The quantitative estimate of drug-likeness (QED) is 0.407. The summed E-state index contributed by atoms with van der Waals surface area (Å²) < 4.78 is 64.1. The summed E-state index contributed by atoms with van der Waals surface area (Å²) >= 11 is 5.97. The van der Waals surface area contributed by atoms with E-state index < -0.39 is 27.5 Å². The lowest BCUT2D eigenvalue weighted by atomic mass is 10.1. The monoisotopic (exact) mass is 507 g/mol. The molecule has 1 atom stereocenters. The van der Waals surface area contributed by atoms with Gasteiger partial charge in [-0.05, 0) is 49.4 Å². The molecule has 0 fully saturated rings. The highest BCUT2D eigenvalue weighted by atomic mass is 35.5. The normalized spacial score (nSPS) is 13.7. The number of alkyl halides is 3. The number of aliphatic hydroxyl groups is 1. The smallest absolute Gasteiger partial charge is 0.383 e. The summed E-state index contributed by atoms with van der Waals surface area (Å²) in [7, 11) is -4.02. The zero-order valence-electron chi connectivity index (χ0n) is 17.5. The molecule has 0 spiro atoms. The van der Waals surface area contributed by atoms with Crippen molar-refractivity contribution in [3.05, 3.63) is 47.5 Å². The Kier molecular flexibility index (Phi) is 7.99. The van der Waals surface area contributed by atoms with Crippen molar-refractivity contribution in [1.82, 2.24) is 5.32 Å². The zero-order valence-corrected chi connectivity index (χ0v) is 19.0. The molecule has 0 bridgehead atoms. The van der Waals surface area contributed by atoms with Crippen molar-refractivity contribution in [3.63, 3.8) is 0 Å². The van der Waals surface area contributed by atoms with Crippen LogP contribution in [-0.4, -0.2) is 50.2 Å². The van der Waals surface area contributed by atoms with E-state index >= 15 is 0 Å². The van der Waals surface area contributed by atoms with Gasteiger partial charge in [-0.3, -0.25) is 9.59 Å². The summed E-state index contributed by atoms with van der Waals surface area (Å²) in [5.74, 6) is -1.94. The van der Waals surface area contributed by atoms with Crippen molar-refractivity contribution in [2.45, 2.75) is 35.4 Å². The van der Waals surface area contributed by atoms with Gasteiger partial charge >= 0.3 is 6.18 Å². The summed E-state index contributed by atoms with van der Waals surface area (Å²) in [6, 6.07) is 8.82. The van der Waals surface area contributed by atoms with Crippen molar-refractivity contribution in [1.29, 1.82) is 0 Å². The van der Waals surface area contributed by atoms with E-state index in [1.165, 1.54) is 31.2 Å².